The summed E-state index contributed by atoms with van der Waals surface area (Å²) in [6, 6.07) is 85.5. The van der Waals surface area contributed by atoms with Crippen molar-refractivity contribution in [3.05, 3.63) is 259 Å². The van der Waals surface area contributed by atoms with E-state index in [9.17, 15) is 0 Å². The summed E-state index contributed by atoms with van der Waals surface area (Å²) in [6.45, 7) is 0. The van der Waals surface area contributed by atoms with Crippen LogP contribution in [0.25, 0.3) is 111 Å². The van der Waals surface area contributed by atoms with Crippen LogP contribution in [0.4, 0.5) is 0 Å². The van der Waals surface area contributed by atoms with E-state index in [-0.39, 0.29) is 0 Å². The quantitative estimate of drug-likeness (QED) is 0.173. The molecule has 3 heterocycles. The zero-order chi connectivity index (χ0) is 45.2. The SMILES string of the molecule is c1ccc(-c2ccc(-c3nc(-c4cccc(-n5c6ccccc6c6ccccc65)c4)nc(-n4c5ccccc5c5cc6c(cc54)C4(c5ccccc5-c5ccccc54)c4ccccc4-6)n3)cc2)cc1. The predicted molar refractivity (Wildman–Crippen MR) is 281 cm³/mol. The van der Waals surface area contributed by atoms with E-state index in [0.717, 1.165) is 60.8 Å². The minimum atomic E-state index is -0.502. The maximum Gasteiger partial charge on any atom is 0.238 e. The number of hydrogen-bond donors (Lipinski definition) is 0. The van der Waals surface area contributed by atoms with Gasteiger partial charge in [-0.05, 0) is 98.1 Å². The van der Waals surface area contributed by atoms with Gasteiger partial charge in [0.25, 0.3) is 0 Å². The third-order valence-electron chi connectivity index (χ3n) is 14.8. The van der Waals surface area contributed by atoms with E-state index < -0.39 is 5.41 Å². The second kappa shape index (κ2) is 14.4. The van der Waals surface area contributed by atoms with Crippen LogP contribution in [0.15, 0.2) is 237 Å². The Morgan fingerprint density at radius 1 is 0.275 bits per heavy atom. The number of para-hydroxylation sites is 3. The van der Waals surface area contributed by atoms with Gasteiger partial charge in [0.05, 0.1) is 27.5 Å². The van der Waals surface area contributed by atoms with E-state index in [1.165, 1.54) is 55.3 Å². The first kappa shape index (κ1) is 38.0. The number of nitrogens with zero attached hydrogens (tertiary/aromatic N) is 5. The molecule has 13 aromatic rings. The van der Waals surface area contributed by atoms with Gasteiger partial charge in [0.1, 0.15) is 0 Å². The predicted octanol–water partition coefficient (Wildman–Crippen LogP) is 15.4. The van der Waals surface area contributed by atoms with Crippen molar-refractivity contribution in [2.75, 3.05) is 0 Å². The summed E-state index contributed by atoms with van der Waals surface area (Å²) < 4.78 is 4.62. The topological polar surface area (TPSA) is 48.5 Å². The molecule has 0 saturated carbocycles. The molecule has 5 heteroatoms. The van der Waals surface area contributed by atoms with E-state index in [0.29, 0.717) is 17.6 Å². The van der Waals surface area contributed by atoms with Gasteiger partial charge in [-0.2, -0.15) is 9.97 Å². The molecule has 10 aromatic carbocycles. The second-order valence-electron chi connectivity index (χ2n) is 18.3. The van der Waals surface area contributed by atoms with Crippen LogP contribution >= 0.6 is 0 Å². The zero-order valence-corrected chi connectivity index (χ0v) is 37.3. The lowest BCUT2D eigenvalue weighted by molar-refractivity contribution is 0.794. The first-order valence-corrected chi connectivity index (χ1v) is 23.6. The molecule has 1 spiro atoms. The van der Waals surface area contributed by atoms with Gasteiger partial charge in [-0.3, -0.25) is 4.57 Å². The molecule has 0 fully saturated rings. The van der Waals surface area contributed by atoms with E-state index >= 15 is 0 Å². The molecule has 69 heavy (non-hydrogen) atoms. The summed E-state index contributed by atoms with van der Waals surface area (Å²) in [7, 11) is 0. The normalized spacial score (nSPS) is 13.0. The Labute approximate surface area is 397 Å². The van der Waals surface area contributed by atoms with Gasteiger partial charge in [0.2, 0.25) is 5.95 Å². The number of aromatic nitrogens is 5. The summed E-state index contributed by atoms with van der Waals surface area (Å²) >= 11 is 0. The summed E-state index contributed by atoms with van der Waals surface area (Å²) in [5.74, 6) is 1.76. The van der Waals surface area contributed by atoms with Crippen molar-refractivity contribution in [2.24, 2.45) is 0 Å². The van der Waals surface area contributed by atoms with Crippen LogP contribution in [0.1, 0.15) is 22.3 Å². The second-order valence-corrected chi connectivity index (χ2v) is 18.3. The highest BCUT2D eigenvalue weighted by Crippen LogP contribution is 2.63. The fourth-order valence-corrected chi connectivity index (χ4v) is 11.9. The maximum absolute atomic E-state index is 5.51. The number of rotatable bonds is 5. The van der Waals surface area contributed by atoms with E-state index in [1.807, 2.05) is 0 Å². The van der Waals surface area contributed by atoms with Crippen LogP contribution in [-0.4, -0.2) is 24.1 Å². The zero-order valence-electron chi connectivity index (χ0n) is 37.3. The summed E-state index contributed by atoms with van der Waals surface area (Å²) in [5, 5.41) is 4.73. The summed E-state index contributed by atoms with van der Waals surface area (Å²) in [4.78, 5) is 16.3. The molecule has 5 nitrogen and oxygen atoms in total. The third kappa shape index (κ3) is 5.32. The standard InChI is InChI=1S/C64H39N5/c1-2-17-40(18-3-1)41-33-35-42(36-34-41)61-65-62(43-19-16-20-44(37-43)68-57-30-13-7-24-48(57)49-25-8-14-31-58(49)68)67-63(66-61)69-59-32-15-9-26-50(59)52-38-51-47-23-6-12-29-55(47)64(56(51)39-60(52)69)53-27-10-4-21-45(53)46-22-5-11-28-54(46)64/h1-39H. The van der Waals surface area contributed by atoms with Crippen molar-refractivity contribution < 1.29 is 0 Å². The van der Waals surface area contributed by atoms with Crippen LogP contribution < -0.4 is 0 Å². The van der Waals surface area contributed by atoms with E-state index in [2.05, 4.69) is 246 Å². The van der Waals surface area contributed by atoms with Gasteiger partial charge in [-0.1, -0.05) is 194 Å². The van der Waals surface area contributed by atoms with Crippen LogP contribution in [0.2, 0.25) is 0 Å². The Bertz CT molecular complexity index is 4160. The minimum absolute atomic E-state index is 0.502. The van der Waals surface area contributed by atoms with Crippen molar-refractivity contribution in [2.45, 2.75) is 5.41 Å². The molecule has 0 N–H and O–H groups in total. The summed E-state index contributed by atoms with van der Waals surface area (Å²) in [6.07, 6.45) is 0. The van der Waals surface area contributed by atoms with Crippen LogP contribution in [0, 0.1) is 0 Å². The fraction of sp³-hybridized carbons (Fsp3) is 0.0156. The summed E-state index contributed by atoms with van der Waals surface area (Å²) in [5.41, 5.74) is 19.3. The minimum Gasteiger partial charge on any atom is -0.309 e. The van der Waals surface area contributed by atoms with Gasteiger partial charge in [0.15, 0.2) is 11.6 Å². The smallest absolute Gasteiger partial charge is 0.238 e. The third-order valence-corrected chi connectivity index (χ3v) is 14.8. The van der Waals surface area contributed by atoms with Crippen molar-refractivity contribution in [3.63, 3.8) is 0 Å². The lowest BCUT2D eigenvalue weighted by Crippen LogP contribution is -2.25. The maximum atomic E-state index is 5.51. The number of benzene rings is 10. The average Bonchev–Trinajstić information content (AvgIpc) is 4.12. The van der Waals surface area contributed by atoms with Crippen molar-refractivity contribution >= 4 is 43.6 Å². The fourth-order valence-electron chi connectivity index (χ4n) is 11.9. The Morgan fingerprint density at radius 3 is 1.36 bits per heavy atom. The van der Waals surface area contributed by atoms with Crippen LogP contribution in [-0.2, 0) is 5.41 Å². The Balaban J connectivity index is 0.993. The molecule has 0 amide bonds. The Hall–Kier alpha value is -9.19. The van der Waals surface area contributed by atoms with Gasteiger partial charge in [-0.25, -0.2) is 4.98 Å². The first-order chi connectivity index (χ1) is 34.2. The monoisotopic (exact) mass is 877 g/mol. The first-order valence-electron chi connectivity index (χ1n) is 23.6. The highest BCUT2D eigenvalue weighted by Gasteiger charge is 2.51. The molecule has 320 valence electrons. The highest BCUT2D eigenvalue weighted by molar-refractivity contribution is 6.13. The molecule has 0 aliphatic heterocycles. The van der Waals surface area contributed by atoms with E-state index in [1.54, 1.807) is 0 Å². The number of fused-ring (bicyclic) bond motifs is 16. The molecule has 0 unspecified atom stereocenters. The van der Waals surface area contributed by atoms with E-state index in [4.69, 9.17) is 15.0 Å². The molecular weight excluding hydrogens is 839 g/mol. The molecule has 0 bridgehead atoms. The van der Waals surface area contributed by atoms with Gasteiger partial charge in [0, 0.05) is 38.4 Å². The molecule has 0 atom stereocenters. The Kier molecular flexibility index (Phi) is 7.93. The van der Waals surface area contributed by atoms with Crippen molar-refractivity contribution in [3.8, 4) is 67.8 Å². The van der Waals surface area contributed by atoms with Crippen LogP contribution in [0.3, 0.4) is 0 Å². The molecule has 15 rings (SSSR count). The van der Waals surface area contributed by atoms with Crippen molar-refractivity contribution in [1.29, 1.82) is 0 Å². The van der Waals surface area contributed by atoms with Crippen LogP contribution in [0.5, 0.6) is 0 Å². The molecular formula is C64H39N5. The average molecular weight is 878 g/mol. The van der Waals surface area contributed by atoms with Crippen molar-refractivity contribution in [1.82, 2.24) is 24.1 Å². The van der Waals surface area contributed by atoms with Gasteiger partial charge < -0.3 is 4.57 Å². The molecule has 3 aromatic heterocycles. The lowest BCUT2D eigenvalue weighted by atomic mass is 9.70. The van der Waals surface area contributed by atoms with Gasteiger partial charge >= 0.3 is 0 Å². The highest BCUT2D eigenvalue weighted by atomic mass is 15.2. The lowest BCUT2D eigenvalue weighted by Gasteiger charge is -2.30. The van der Waals surface area contributed by atoms with Gasteiger partial charge in [-0.15, -0.1) is 0 Å². The molecule has 2 aliphatic carbocycles. The largest absolute Gasteiger partial charge is 0.309 e. The molecule has 2 aliphatic rings. The number of hydrogen-bond acceptors (Lipinski definition) is 3. The Morgan fingerprint density at radius 2 is 0.739 bits per heavy atom. The molecule has 0 radical (unpaired) electrons. The molecule has 0 saturated heterocycles.